The first kappa shape index (κ1) is 24.8. The Bertz CT molecular complexity index is 893. The van der Waals surface area contributed by atoms with Gasteiger partial charge in [-0.15, -0.1) is 11.8 Å². The molecular weight excluding hydrogens is 448 g/mol. The summed E-state index contributed by atoms with van der Waals surface area (Å²) in [6.45, 7) is 5.21. The van der Waals surface area contributed by atoms with Gasteiger partial charge in [-0.2, -0.15) is 0 Å². The van der Waals surface area contributed by atoms with E-state index in [1.165, 1.54) is 17.8 Å². The maximum Gasteiger partial charge on any atom is 0.331 e. The van der Waals surface area contributed by atoms with Crippen molar-refractivity contribution in [1.29, 1.82) is 0 Å². The number of benzene rings is 1. The van der Waals surface area contributed by atoms with Gasteiger partial charge in [-0.1, -0.05) is 24.9 Å². The highest BCUT2D eigenvalue weighted by atomic mass is 35.5. The molecule has 0 aromatic heterocycles. The minimum absolute atomic E-state index is 0.00588. The quantitative estimate of drug-likeness (QED) is 0.503. The third kappa shape index (κ3) is 6.03. The fourth-order valence-corrected chi connectivity index (χ4v) is 6.30. The van der Waals surface area contributed by atoms with E-state index in [1.807, 2.05) is 25.9 Å². The van der Waals surface area contributed by atoms with E-state index in [9.17, 15) is 18.0 Å². The molecule has 2 N–H and O–H groups in total. The number of aryl methyl sites for hydroxylation is 1. The van der Waals surface area contributed by atoms with E-state index in [2.05, 4.69) is 10.6 Å². The van der Waals surface area contributed by atoms with Gasteiger partial charge in [0.1, 0.15) is 4.90 Å². The summed E-state index contributed by atoms with van der Waals surface area (Å²) in [5.74, 6) is -0.150. The molecule has 0 saturated carbocycles. The number of nitrogens with one attached hydrogen (secondary N) is 2. The summed E-state index contributed by atoms with van der Waals surface area (Å²) >= 11 is 7.44. The Morgan fingerprint density at radius 2 is 2.10 bits per heavy atom. The van der Waals surface area contributed by atoms with Crippen LogP contribution in [0.2, 0.25) is 5.02 Å². The monoisotopic (exact) mass is 476 g/mol. The first-order valence-corrected chi connectivity index (χ1v) is 12.5. The standard InChI is InChI=1S/C19H29ClN4O4S2/c1-5-6-15(18(25)21-7-9-23(3)4)29-16-12-14(20)13(2)11-17(16)30(27,28)24-10-8-22-19(24)26/h11-12,15H,5-10H2,1-4H3,(H,21,25)(H,22,26). The lowest BCUT2D eigenvalue weighted by Crippen LogP contribution is -2.37. The summed E-state index contributed by atoms with van der Waals surface area (Å²) in [4.78, 5) is 27.1. The molecule has 168 valence electrons. The SMILES string of the molecule is CCCC(Sc1cc(Cl)c(C)cc1S(=O)(=O)N1CCNC1=O)C(=O)NCCN(C)C. The van der Waals surface area contributed by atoms with Crippen LogP contribution in [0.25, 0.3) is 0 Å². The average molecular weight is 477 g/mol. The van der Waals surface area contributed by atoms with Gasteiger partial charge in [0.2, 0.25) is 5.91 Å². The fraction of sp³-hybridized carbons (Fsp3) is 0.579. The molecule has 1 saturated heterocycles. The van der Waals surface area contributed by atoms with Crippen LogP contribution >= 0.6 is 23.4 Å². The lowest BCUT2D eigenvalue weighted by molar-refractivity contribution is -0.120. The molecule has 1 aromatic rings. The second kappa shape index (κ2) is 10.7. The van der Waals surface area contributed by atoms with Crippen molar-refractivity contribution in [3.63, 3.8) is 0 Å². The topological polar surface area (TPSA) is 98.8 Å². The predicted octanol–water partition coefficient (Wildman–Crippen LogP) is 2.30. The average Bonchev–Trinajstić information content (AvgIpc) is 3.10. The van der Waals surface area contributed by atoms with E-state index in [-0.39, 0.29) is 23.9 Å². The Labute approximate surface area is 187 Å². The van der Waals surface area contributed by atoms with Crippen molar-refractivity contribution >= 4 is 45.3 Å². The van der Waals surface area contributed by atoms with Gasteiger partial charge >= 0.3 is 6.03 Å². The molecule has 0 radical (unpaired) electrons. The Balaban J connectivity index is 2.35. The van der Waals surface area contributed by atoms with E-state index in [1.54, 1.807) is 13.0 Å². The van der Waals surface area contributed by atoms with Gasteiger partial charge < -0.3 is 15.5 Å². The number of amides is 3. The molecule has 1 aliphatic heterocycles. The minimum Gasteiger partial charge on any atom is -0.354 e. The van der Waals surface area contributed by atoms with Crippen LogP contribution in [0.1, 0.15) is 25.3 Å². The molecule has 1 aromatic carbocycles. The third-order valence-corrected chi connectivity index (χ3v) is 8.27. The number of carbonyl (C=O) groups excluding carboxylic acids is 2. The van der Waals surface area contributed by atoms with Gasteiger partial charge in [-0.3, -0.25) is 4.79 Å². The lowest BCUT2D eigenvalue weighted by Gasteiger charge is -2.21. The normalized spacial score (nSPS) is 15.4. The number of thioether (sulfide) groups is 1. The molecule has 30 heavy (non-hydrogen) atoms. The summed E-state index contributed by atoms with van der Waals surface area (Å²) in [5.41, 5.74) is 0.585. The highest BCUT2D eigenvalue weighted by Crippen LogP contribution is 2.37. The van der Waals surface area contributed by atoms with Gasteiger partial charge in [-0.25, -0.2) is 17.5 Å². The van der Waals surface area contributed by atoms with Crippen LogP contribution < -0.4 is 10.6 Å². The maximum absolute atomic E-state index is 13.2. The maximum atomic E-state index is 13.2. The largest absolute Gasteiger partial charge is 0.354 e. The highest BCUT2D eigenvalue weighted by molar-refractivity contribution is 8.01. The molecule has 11 heteroatoms. The number of sulfonamides is 1. The Kier molecular flexibility index (Phi) is 8.84. The number of hydrogen-bond donors (Lipinski definition) is 2. The van der Waals surface area contributed by atoms with Crippen molar-refractivity contribution in [3.05, 3.63) is 22.7 Å². The first-order valence-electron chi connectivity index (χ1n) is 9.77. The fourth-order valence-electron chi connectivity index (χ4n) is 2.91. The summed E-state index contributed by atoms with van der Waals surface area (Å²) < 4.78 is 27.2. The number of nitrogens with zero attached hydrogens (tertiary/aromatic N) is 2. The Morgan fingerprint density at radius 1 is 1.40 bits per heavy atom. The molecule has 1 atom stereocenters. The van der Waals surface area contributed by atoms with Crippen LogP contribution in [0.3, 0.4) is 0 Å². The van der Waals surface area contributed by atoms with E-state index in [0.29, 0.717) is 35.0 Å². The highest BCUT2D eigenvalue weighted by Gasteiger charge is 2.35. The van der Waals surface area contributed by atoms with Gasteiger partial charge in [0.05, 0.1) is 11.8 Å². The number of urea groups is 1. The van der Waals surface area contributed by atoms with Gasteiger partial charge in [0, 0.05) is 29.6 Å². The van der Waals surface area contributed by atoms with E-state index in [0.717, 1.165) is 10.7 Å². The zero-order valence-corrected chi connectivity index (χ0v) is 20.1. The molecule has 8 nitrogen and oxygen atoms in total. The first-order chi connectivity index (χ1) is 14.1. The summed E-state index contributed by atoms with van der Waals surface area (Å²) in [6, 6.07) is 2.39. The zero-order valence-electron chi connectivity index (χ0n) is 17.7. The number of rotatable bonds is 10. The van der Waals surface area contributed by atoms with E-state index < -0.39 is 21.3 Å². The minimum atomic E-state index is -4.07. The number of carbonyl (C=O) groups is 2. The molecule has 0 spiro atoms. The van der Waals surface area contributed by atoms with Crippen LogP contribution in [0.4, 0.5) is 4.79 Å². The predicted molar refractivity (Wildman–Crippen MR) is 120 cm³/mol. The van der Waals surface area contributed by atoms with Crippen LogP contribution in [-0.2, 0) is 14.8 Å². The van der Waals surface area contributed by atoms with E-state index >= 15 is 0 Å². The third-order valence-electron chi connectivity index (χ3n) is 4.58. The van der Waals surface area contributed by atoms with Crippen molar-refractivity contribution in [2.75, 3.05) is 40.3 Å². The molecule has 1 heterocycles. The number of hydrogen-bond acceptors (Lipinski definition) is 6. The van der Waals surface area contributed by atoms with Crippen molar-refractivity contribution in [2.24, 2.45) is 0 Å². The van der Waals surface area contributed by atoms with Crippen LogP contribution in [0.15, 0.2) is 21.9 Å². The van der Waals surface area contributed by atoms with Crippen molar-refractivity contribution in [1.82, 2.24) is 19.8 Å². The number of likely N-dealkylation sites (N-methyl/N-ethyl adjacent to an activating group) is 1. The van der Waals surface area contributed by atoms with Crippen molar-refractivity contribution in [3.8, 4) is 0 Å². The van der Waals surface area contributed by atoms with E-state index in [4.69, 9.17) is 11.6 Å². The van der Waals surface area contributed by atoms with Crippen molar-refractivity contribution in [2.45, 2.75) is 41.7 Å². The Morgan fingerprint density at radius 3 is 2.67 bits per heavy atom. The van der Waals surface area contributed by atoms with Crippen molar-refractivity contribution < 1.29 is 18.0 Å². The lowest BCUT2D eigenvalue weighted by atomic mass is 10.2. The molecule has 1 fully saturated rings. The van der Waals surface area contributed by atoms with Crippen LogP contribution in [0.5, 0.6) is 0 Å². The van der Waals surface area contributed by atoms with Gasteiger partial charge in [-0.05, 0) is 45.1 Å². The van der Waals surface area contributed by atoms with Crippen LogP contribution in [0, 0.1) is 6.92 Å². The molecule has 0 bridgehead atoms. The molecule has 1 aliphatic rings. The molecule has 1 unspecified atom stereocenters. The summed E-state index contributed by atoms with van der Waals surface area (Å²) in [7, 11) is -0.227. The van der Waals surface area contributed by atoms with Gasteiger partial charge in [0.25, 0.3) is 10.0 Å². The molecule has 0 aliphatic carbocycles. The molecule has 3 amide bonds. The summed E-state index contributed by atoms with van der Waals surface area (Å²) in [6.07, 6.45) is 1.34. The molecular formula is C19H29ClN4O4S2. The second-order valence-electron chi connectivity index (χ2n) is 7.35. The number of halogens is 1. The van der Waals surface area contributed by atoms with Crippen LogP contribution in [-0.4, -0.2) is 75.1 Å². The zero-order chi connectivity index (χ0) is 22.5. The molecule has 2 rings (SSSR count). The smallest absolute Gasteiger partial charge is 0.331 e. The summed E-state index contributed by atoms with van der Waals surface area (Å²) in [5, 5.41) is 5.35. The second-order valence-corrected chi connectivity index (χ2v) is 10.8. The van der Waals surface area contributed by atoms with Gasteiger partial charge in [0.15, 0.2) is 0 Å². The Hall–Kier alpha value is -1.49.